The highest BCUT2D eigenvalue weighted by Crippen LogP contribution is 2.25. The lowest BCUT2D eigenvalue weighted by Gasteiger charge is -2.04. The molecule has 1 nitrogen and oxygen atoms in total. The predicted molar refractivity (Wildman–Crippen MR) is 77.3 cm³/mol. The number of allylic oxidation sites excluding steroid dienone is 2. The van der Waals surface area contributed by atoms with Crippen molar-refractivity contribution in [2.45, 2.75) is 71.6 Å². The minimum absolute atomic E-state index is 0.421. The van der Waals surface area contributed by atoms with E-state index in [2.05, 4.69) is 31.8 Å². The van der Waals surface area contributed by atoms with Gasteiger partial charge in [0.2, 0.25) is 0 Å². The largest absolute Gasteiger partial charge is 0.300 e. The number of carbonyl (C=O) groups excluding carboxylic acids is 1. The first-order valence-electron chi connectivity index (χ1n) is 7.47. The van der Waals surface area contributed by atoms with Gasteiger partial charge in [0.05, 0.1) is 0 Å². The molecule has 0 bridgehead atoms. The zero-order chi connectivity index (χ0) is 13.2. The number of hydrogen-bond donors (Lipinski definition) is 0. The van der Waals surface area contributed by atoms with Gasteiger partial charge < -0.3 is 0 Å². The molecule has 0 aliphatic heterocycles. The van der Waals surface area contributed by atoms with Crippen LogP contribution in [0.4, 0.5) is 0 Å². The second-order valence-corrected chi connectivity index (χ2v) is 5.24. The number of carbonyl (C=O) groups is 1. The summed E-state index contributed by atoms with van der Waals surface area (Å²) < 4.78 is 0. The third kappa shape index (κ3) is 6.05. The Bertz CT molecular complexity index is 340. The van der Waals surface area contributed by atoms with Crippen LogP contribution in [0.5, 0.6) is 0 Å². The molecule has 1 saturated carbocycles. The fourth-order valence-corrected chi connectivity index (χ4v) is 2.27. The Morgan fingerprint density at radius 3 is 2.72 bits per heavy atom. The fourth-order valence-electron chi connectivity index (χ4n) is 2.27. The Morgan fingerprint density at radius 2 is 2.11 bits per heavy atom. The van der Waals surface area contributed by atoms with Crippen LogP contribution in [0.2, 0.25) is 0 Å². The summed E-state index contributed by atoms with van der Waals surface area (Å²) in [4.78, 5) is 11.3. The molecule has 1 rings (SSSR count). The highest BCUT2D eigenvalue weighted by Gasteiger charge is 2.20. The average Bonchev–Trinajstić information content (AvgIpc) is 2.77. The fraction of sp³-hybridized carbons (Fsp3) is 0.706. The summed E-state index contributed by atoms with van der Waals surface area (Å²) in [6, 6.07) is 0. The summed E-state index contributed by atoms with van der Waals surface area (Å²) in [6.07, 6.45) is 11.7. The molecule has 0 N–H and O–H groups in total. The second kappa shape index (κ2) is 8.97. The van der Waals surface area contributed by atoms with E-state index < -0.39 is 0 Å². The van der Waals surface area contributed by atoms with Gasteiger partial charge in [0, 0.05) is 19.3 Å². The molecule has 1 fully saturated rings. The average molecular weight is 246 g/mol. The van der Waals surface area contributed by atoms with Crippen molar-refractivity contribution in [3.63, 3.8) is 0 Å². The molecule has 0 radical (unpaired) electrons. The molecule has 0 saturated heterocycles. The smallest absolute Gasteiger partial charge is 0.133 e. The van der Waals surface area contributed by atoms with Crippen LogP contribution < -0.4 is 0 Å². The van der Waals surface area contributed by atoms with Gasteiger partial charge in [-0.2, -0.15) is 0 Å². The van der Waals surface area contributed by atoms with E-state index >= 15 is 0 Å². The van der Waals surface area contributed by atoms with Gasteiger partial charge in [-0.25, -0.2) is 0 Å². The molecule has 0 aromatic heterocycles. The highest BCUT2D eigenvalue weighted by atomic mass is 16.1. The quantitative estimate of drug-likeness (QED) is 0.492. The summed E-state index contributed by atoms with van der Waals surface area (Å²) >= 11 is 0. The highest BCUT2D eigenvalue weighted by molar-refractivity contribution is 5.81. The van der Waals surface area contributed by atoms with E-state index in [1.807, 2.05) is 0 Å². The molecular weight excluding hydrogens is 220 g/mol. The Labute approximate surface area is 112 Å². The number of unbranched alkanes of at least 4 members (excludes halogenated alkanes) is 3. The molecule has 1 atom stereocenters. The summed E-state index contributed by atoms with van der Waals surface area (Å²) in [5, 5.41) is 0. The first-order chi connectivity index (χ1) is 8.76. The SMILES string of the molecule is CCCCC#C/C(=C/C1CCC(=O)C1)CCCC. The summed E-state index contributed by atoms with van der Waals surface area (Å²) in [5.41, 5.74) is 1.27. The van der Waals surface area contributed by atoms with E-state index in [1.165, 1.54) is 31.3 Å². The number of ketones is 1. The van der Waals surface area contributed by atoms with E-state index in [0.29, 0.717) is 11.7 Å². The van der Waals surface area contributed by atoms with E-state index in [9.17, 15) is 4.79 Å². The van der Waals surface area contributed by atoms with Gasteiger partial charge >= 0.3 is 0 Å². The lowest BCUT2D eigenvalue weighted by atomic mass is 10.0. The lowest BCUT2D eigenvalue weighted by Crippen LogP contribution is -1.93. The molecule has 0 amide bonds. The predicted octanol–water partition coefficient (Wildman–Crippen LogP) is 4.67. The first-order valence-corrected chi connectivity index (χ1v) is 7.47. The number of Topliss-reactive ketones (excluding diaryl/α,β-unsaturated/α-hetero) is 1. The summed E-state index contributed by atoms with van der Waals surface area (Å²) in [6.45, 7) is 4.40. The monoisotopic (exact) mass is 246 g/mol. The minimum atomic E-state index is 0.421. The normalized spacial score (nSPS) is 19.8. The van der Waals surface area contributed by atoms with E-state index in [4.69, 9.17) is 0 Å². The Balaban J connectivity index is 2.55. The lowest BCUT2D eigenvalue weighted by molar-refractivity contribution is -0.117. The third-order valence-corrected chi connectivity index (χ3v) is 3.42. The maximum atomic E-state index is 11.3. The zero-order valence-electron chi connectivity index (χ0n) is 11.9. The molecule has 1 aliphatic rings. The van der Waals surface area contributed by atoms with Gasteiger partial charge in [-0.1, -0.05) is 44.6 Å². The van der Waals surface area contributed by atoms with E-state index in [1.54, 1.807) is 0 Å². The van der Waals surface area contributed by atoms with Crippen molar-refractivity contribution in [3.8, 4) is 11.8 Å². The molecule has 18 heavy (non-hydrogen) atoms. The van der Waals surface area contributed by atoms with Gasteiger partial charge in [0.25, 0.3) is 0 Å². The molecule has 1 unspecified atom stereocenters. The Morgan fingerprint density at radius 1 is 1.33 bits per heavy atom. The van der Waals surface area contributed by atoms with Crippen molar-refractivity contribution in [1.29, 1.82) is 0 Å². The van der Waals surface area contributed by atoms with Gasteiger partial charge in [0.15, 0.2) is 0 Å². The van der Waals surface area contributed by atoms with Crippen molar-refractivity contribution in [2.75, 3.05) is 0 Å². The van der Waals surface area contributed by atoms with Crippen LogP contribution in [-0.4, -0.2) is 5.78 Å². The minimum Gasteiger partial charge on any atom is -0.300 e. The summed E-state index contributed by atoms with van der Waals surface area (Å²) in [7, 11) is 0. The van der Waals surface area contributed by atoms with E-state index in [-0.39, 0.29) is 0 Å². The zero-order valence-corrected chi connectivity index (χ0v) is 11.9. The van der Waals surface area contributed by atoms with Crippen LogP contribution in [0.1, 0.15) is 71.6 Å². The molecule has 0 heterocycles. The summed E-state index contributed by atoms with van der Waals surface area (Å²) in [5.74, 6) is 7.49. The molecule has 0 aromatic rings. The van der Waals surface area contributed by atoms with E-state index in [0.717, 1.165) is 32.1 Å². The van der Waals surface area contributed by atoms with Crippen molar-refractivity contribution >= 4 is 5.78 Å². The van der Waals surface area contributed by atoms with Gasteiger partial charge in [-0.3, -0.25) is 4.79 Å². The van der Waals surface area contributed by atoms with Crippen molar-refractivity contribution in [3.05, 3.63) is 11.6 Å². The number of rotatable bonds is 6. The molecule has 1 aliphatic carbocycles. The Kier molecular flexibility index (Phi) is 7.49. The molecule has 1 heteroatoms. The maximum absolute atomic E-state index is 11.3. The standard InChI is InChI=1S/C17H26O/c1-3-5-7-8-10-15(9-6-4-2)13-16-11-12-17(18)14-16/h13,16H,3-7,9,11-12,14H2,1-2H3/b15-13+. The second-order valence-electron chi connectivity index (χ2n) is 5.24. The molecule has 0 spiro atoms. The van der Waals surface area contributed by atoms with Gasteiger partial charge in [-0.15, -0.1) is 0 Å². The van der Waals surface area contributed by atoms with Crippen molar-refractivity contribution in [1.82, 2.24) is 0 Å². The van der Waals surface area contributed by atoms with Gasteiger partial charge in [0.1, 0.15) is 5.78 Å². The molecular formula is C17H26O. The van der Waals surface area contributed by atoms with Crippen LogP contribution in [0.25, 0.3) is 0 Å². The van der Waals surface area contributed by atoms with Gasteiger partial charge in [-0.05, 0) is 37.2 Å². The number of hydrogen-bond acceptors (Lipinski definition) is 1. The molecule has 100 valence electrons. The molecule has 0 aromatic carbocycles. The van der Waals surface area contributed by atoms with Crippen LogP contribution in [-0.2, 0) is 4.79 Å². The first kappa shape index (κ1) is 15.0. The topological polar surface area (TPSA) is 17.1 Å². The van der Waals surface area contributed by atoms with Crippen LogP contribution in [0.15, 0.2) is 11.6 Å². The van der Waals surface area contributed by atoms with Crippen molar-refractivity contribution in [2.24, 2.45) is 5.92 Å². The van der Waals surface area contributed by atoms with Crippen molar-refractivity contribution < 1.29 is 4.79 Å². The third-order valence-electron chi connectivity index (χ3n) is 3.42. The van der Waals surface area contributed by atoms with Crippen LogP contribution in [0, 0.1) is 17.8 Å². The Hall–Kier alpha value is -1.03. The van der Waals surface area contributed by atoms with Crippen LogP contribution >= 0.6 is 0 Å². The van der Waals surface area contributed by atoms with Crippen LogP contribution in [0.3, 0.4) is 0 Å². The maximum Gasteiger partial charge on any atom is 0.133 e.